The van der Waals surface area contributed by atoms with E-state index in [-0.39, 0.29) is 11.5 Å². The first-order valence-electron chi connectivity index (χ1n) is 10.8. The average molecular weight is 465 g/mol. The summed E-state index contributed by atoms with van der Waals surface area (Å²) in [5, 5.41) is 15.1. The van der Waals surface area contributed by atoms with Crippen molar-refractivity contribution in [2.75, 3.05) is 20.6 Å². The molecule has 0 aliphatic heterocycles. The molecular formula is C26H28N2O4S. The van der Waals surface area contributed by atoms with Gasteiger partial charge in [0.15, 0.2) is 0 Å². The van der Waals surface area contributed by atoms with Crippen molar-refractivity contribution in [3.8, 4) is 11.5 Å². The zero-order chi connectivity index (χ0) is 23.6. The van der Waals surface area contributed by atoms with Gasteiger partial charge in [-0.05, 0) is 96.6 Å². The number of phenols is 1. The molecule has 3 aromatic carbocycles. The quantitative estimate of drug-likeness (QED) is 0.552. The zero-order valence-electron chi connectivity index (χ0n) is 18.8. The topological polar surface area (TPSA) is 92.9 Å². The summed E-state index contributed by atoms with van der Waals surface area (Å²) < 4.78 is 27.6. The number of nitrogens with two attached hydrogens (primary N) is 1. The summed E-state index contributed by atoms with van der Waals surface area (Å²) >= 11 is 0. The standard InChI is InChI=1S/C26H28N2O4S/c1-28(2)15-14-18-6-8-19(9-7-18)26-24(20-4-3-5-22(29)16-20)12-10-21-17-23(11-13-25(21)26)32-33(27,30)31/h3-9,11,13,16-17,29H,10,12,14-15H2,1-2H3,(H2,27,30,31). The molecule has 0 aromatic heterocycles. The van der Waals surface area contributed by atoms with E-state index in [2.05, 4.69) is 43.3 Å². The Labute approximate surface area is 195 Å². The van der Waals surface area contributed by atoms with Crippen molar-refractivity contribution in [1.82, 2.24) is 4.90 Å². The van der Waals surface area contributed by atoms with Crippen LogP contribution in [-0.2, 0) is 23.1 Å². The average Bonchev–Trinajstić information content (AvgIpc) is 2.76. The highest BCUT2D eigenvalue weighted by Gasteiger charge is 2.23. The van der Waals surface area contributed by atoms with Crippen molar-refractivity contribution in [3.05, 3.63) is 94.5 Å². The molecule has 33 heavy (non-hydrogen) atoms. The van der Waals surface area contributed by atoms with E-state index in [4.69, 9.17) is 9.32 Å². The summed E-state index contributed by atoms with van der Waals surface area (Å²) in [6.45, 7) is 0.978. The molecule has 0 fully saturated rings. The Morgan fingerprint density at radius 1 is 0.970 bits per heavy atom. The van der Waals surface area contributed by atoms with Crippen LogP contribution in [0.25, 0.3) is 11.1 Å². The van der Waals surface area contributed by atoms with Crippen LogP contribution in [0.4, 0.5) is 0 Å². The predicted octanol–water partition coefficient (Wildman–Crippen LogP) is 3.98. The SMILES string of the molecule is CN(C)CCc1ccc(C2=C(c3cccc(O)c3)CCc3cc(OS(N)(=O)=O)ccc32)cc1. The van der Waals surface area contributed by atoms with Gasteiger partial charge in [-0.25, -0.2) is 0 Å². The first-order chi connectivity index (χ1) is 15.7. The van der Waals surface area contributed by atoms with Crippen LogP contribution in [0.15, 0.2) is 66.7 Å². The van der Waals surface area contributed by atoms with Crippen LogP contribution in [0.2, 0.25) is 0 Å². The zero-order valence-corrected chi connectivity index (χ0v) is 19.6. The molecule has 0 saturated heterocycles. The first-order valence-corrected chi connectivity index (χ1v) is 12.3. The minimum absolute atomic E-state index is 0.204. The highest BCUT2D eigenvalue weighted by atomic mass is 32.2. The van der Waals surface area contributed by atoms with Crippen LogP contribution in [0.5, 0.6) is 11.5 Å². The number of phenolic OH excluding ortho intramolecular Hbond substituents is 1. The van der Waals surface area contributed by atoms with Crippen molar-refractivity contribution >= 4 is 21.5 Å². The third-order valence-corrected chi connectivity index (χ3v) is 6.21. The van der Waals surface area contributed by atoms with Gasteiger partial charge in [-0.15, -0.1) is 0 Å². The van der Waals surface area contributed by atoms with Crippen LogP contribution in [0, 0.1) is 0 Å². The van der Waals surface area contributed by atoms with E-state index in [1.807, 2.05) is 18.2 Å². The second-order valence-corrected chi connectivity index (χ2v) is 9.70. The summed E-state index contributed by atoms with van der Waals surface area (Å²) in [5.41, 5.74) is 7.52. The summed E-state index contributed by atoms with van der Waals surface area (Å²) in [7, 11) is 0.0385. The molecule has 0 spiro atoms. The Morgan fingerprint density at radius 3 is 2.39 bits per heavy atom. The van der Waals surface area contributed by atoms with E-state index in [0.717, 1.165) is 52.8 Å². The Hall–Kier alpha value is -3.13. The Morgan fingerprint density at radius 2 is 1.73 bits per heavy atom. The molecule has 0 amide bonds. The fraction of sp³-hybridized carbons (Fsp3) is 0.231. The lowest BCUT2D eigenvalue weighted by Crippen LogP contribution is -2.19. The summed E-state index contributed by atoms with van der Waals surface area (Å²) in [5.74, 6) is 0.427. The number of fused-ring (bicyclic) bond motifs is 1. The Bertz CT molecular complexity index is 1300. The molecule has 172 valence electrons. The van der Waals surface area contributed by atoms with E-state index in [1.165, 1.54) is 5.56 Å². The fourth-order valence-electron chi connectivity index (χ4n) is 4.26. The maximum absolute atomic E-state index is 11.4. The van der Waals surface area contributed by atoms with E-state index in [1.54, 1.807) is 24.3 Å². The molecule has 0 radical (unpaired) electrons. The second-order valence-electron chi connectivity index (χ2n) is 8.55. The molecule has 0 bridgehead atoms. The number of hydrogen-bond donors (Lipinski definition) is 2. The molecule has 1 aliphatic rings. The summed E-state index contributed by atoms with van der Waals surface area (Å²) in [4.78, 5) is 2.16. The van der Waals surface area contributed by atoms with Crippen molar-refractivity contribution in [2.45, 2.75) is 19.3 Å². The second kappa shape index (κ2) is 9.39. The molecule has 3 N–H and O–H groups in total. The van der Waals surface area contributed by atoms with Gasteiger partial charge in [0.05, 0.1) is 0 Å². The van der Waals surface area contributed by atoms with Gasteiger partial charge in [0.1, 0.15) is 11.5 Å². The number of rotatable bonds is 7. The number of aryl methyl sites for hydroxylation is 1. The van der Waals surface area contributed by atoms with Crippen molar-refractivity contribution in [1.29, 1.82) is 0 Å². The largest absolute Gasteiger partial charge is 0.508 e. The summed E-state index contributed by atoms with van der Waals surface area (Å²) in [6.07, 6.45) is 2.43. The minimum Gasteiger partial charge on any atom is -0.508 e. The van der Waals surface area contributed by atoms with Gasteiger partial charge in [-0.3, -0.25) is 0 Å². The van der Waals surface area contributed by atoms with Crippen LogP contribution >= 0.6 is 0 Å². The van der Waals surface area contributed by atoms with E-state index < -0.39 is 10.3 Å². The predicted molar refractivity (Wildman–Crippen MR) is 131 cm³/mol. The third kappa shape index (κ3) is 5.63. The molecule has 6 nitrogen and oxygen atoms in total. The van der Waals surface area contributed by atoms with Crippen molar-refractivity contribution < 1.29 is 17.7 Å². The molecular weight excluding hydrogens is 436 g/mol. The number of benzene rings is 3. The van der Waals surface area contributed by atoms with Gasteiger partial charge in [-0.2, -0.15) is 13.6 Å². The monoisotopic (exact) mass is 464 g/mol. The molecule has 0 unspecified atom stereocenters. The van der Waals surface area contributed by atoms with Gasteiger partial charge >= 0.3 is 10.3 Å². The van der Waals surface area contributed by atoms with E-state index in [0.29, 0.717) is 6.42 Å². The molecule has 0 heterocycles. The number of aromatic hydroxyl groups is 1. The number of likely N-dealkylation sites (N-methyl/N-ethyl adjacent to an activating group) is 1. The van der Waals surface area contributed by atoms with Crippen molar-refractivity contribution in [3.63, 3.8) is 0 Å². The van der Waals surface area contributed by atoms with Crippen LogP contribution < -0.4 is 9.32 Å². The highest BCUT2D eigenvalue weighted by molar-refractivity contribution is 7.84. The Kier molecular flexibility index (Phi) is 6.56. The smallest absolute Gasteiger partial charge is 0.380 e. The van der Waals surface area contributed by atoms with Gasteiger partial charge < -0.3 is 14.2 Å². The number of nitrogens with zero attached hydrogens (tertiary/aromatic N) is 1. The number of allylic oxidation sites excluding steroid dienone is 1. The lowest BCUT2D eigenvalue weighted by molar-refractivity contribution is 0.413. The maximum Gasteiger partial charge on any atom is 0.380 e. The third-order valence-electron chi connectivity index (χ3n) is 5.79. The maximum atomic E-state index is 11.4. The van der Waals surface area contributed by atoms with Crippen LogP contribution in [0.3, 0.4) is 0 Å². The number of hydrogen-bond acceptors (Lipinski definition) is 5. The molecule has 0 saturated carbocycles. The minimum atomic E-state index is -4.09. The normalized spacial score (nSPS) is 13.8. The van der Waals surface area contributed by atoms with Crippen LogP contribution in [-0.4, -0.2) is 39.1 Å². The van der Waals surface area contributed by atoms with Gasteiger partial charge in [0.25, 0.3) is 0 Å². The van der Waals surface area contributed by atoms with E-state index >= 15 is 0 Å². The van der Waals surface area contributed by atoms with Gasteiger partial charge in [-0.1, -0.05) is 42.5 Å². The molecule has 1 aliphatic carbocycles. The highest BCUT2D eigenvalue weighted by Crippen LogP contribution is 2.42. The lowest BCUT2D eigenvalue weighted by Gasteiger charge is -2.25. The van der Waals surface area contributed by atoms with E-state index in [9.17, 15) is 13.5 Å². The molecule has 7 heteroatoms. The molecule has 4 rings (SSSR count). The van der Waals surface area contributed by atoms with Crippen LogP contribution in [0.1, 0.15) is 34.2 Å². The molecule has 0 atom stereocenters. The fourth-order valence-corrected chi connectivity index (χ4v) is 4.63. The Balaban J connectivity index is 1.81. The van der Waals surface area contributed by atoms with Gasteiger partial charge in [0, 0.05) is 6.54 Å². The van der Waals surface area contributed by atoms with Gasteiger partial charge in [0.2, 0.25) is 0 Å². The molecule has 3 aromatic rings. The van der Waals surface area contributed by atoms with Crippen molar-refractivity contribution in [2.24, 2.45) is 5.14 Å². The summed E-state index contributed by atoms with van der Waals surface area (Å²) in [6, 6.07) is 21.1. The lowest BCUT2D eigenvalue weighted by atomic mass is 9.79. The first kappa shape index (κ1) is 23.0.